The topological polar surface area (TPSA) is 43.8 Å². The summed E-state index contributed by atoms with van der Waals surface area (Å²) in [7, 11) is 0. The molecular formula is C14H14BrN3S. The third-order valence-electron chi connectivity index (χ3n) is 3.16. The van der Waals surface area contributed by atoms with Crippen molar-refractivity contribution in [1.82, 2.24) is 9.55 Å². The molecule has 0 aliphatic carbocycles. The Balaban J connectivity index is 2.13. The number of fused-ring (bicyclic) bond motifs is 1. The van der Waals surface area contributed by atoms with Crippen LogP contribution in [0.25, 0.3) is 11.0 Å². The molecule has 0 atom stereocenters. The summed E-state index contributed by atoms with van der Waals surface area (Å²) in [5, 5.41) is 2.10. The predicted molar refractivity (Wildman–Crippen MR) is 84.6 cm³/mol. The average Bonchev–Trinajstić information content (AvgIpc) is 2.94. The van der Waals surface area contributed by atoms with E-state index < -0.39 is 0 Å². The number of anilines is 1. The van der Waals surface area contributed by atoms with Gasteiger partial charge >= 0.3 is 0 Å². The summed E-state index contributed by atoms with van der Waals surface area (Å²) in [5.74, 6) is 1.10. The molecule has 3 nitrogen and oxygen atoms in total. The molecule has 3 aromatic rings. The molecule has 19 heavy (non-hydrogen) atoms. The third kappa shape index (κ3) is 2.28. The van der Waals surface area contributed by atoms with Gasteiger partial charge in [0.1, 0.15) is 5.82 Å². The van der Waals surface area contributed by atoms with Crippen molar-refractivity contribution in [2.45, 2.75) is 19.9 Å². The lowest BCUT2D eigenvalue weighted by Gasteiger charge is -2.07. The van der Waals surface area contributed by atoms with E-state index in [1.165, 1.54) is 4.88 Å². The Morgan fingerprint density at radius 3 is 2.89 bits per heavy atom. The molecule has 0 fully saturated rings. The molecule has 0 saturated carbocycles. The van der Waals surface area contributed by atoms with Gasteiger partial charge in [0.05, 0.1) is 17.6 Å². The summed E-state index contributed by atoms with van der Waals surface area (Å²) in [6.45, 7) is 2.98. The van der Waals surface area contributed by atoms with Gasteiger partial charge in [-0.2, -0.15) is 0 Å². The molecule has 0 unspecified atom stereocenters. The molecule has 0 amide bonds. The van der Waals surface area contributed by atoms with Crippen LogP contribution >= 0.6 is 27.3 Å². The first-order valence-electron chi connectivity index (χ1n) is 6.15. The number of imidazole rings is 1. The number of thiophene rings is 1. The quantitative estimate of drug-likeness (QED) is 0.733. The number of nitrogen functional groups attached to an aromatic ring is 1. The van der Waals surface area contributed by atoms with E-state index in [2.05, 4.69) is 49.9 Å². The highest BCUT2D eigenvalue weighted by Gasteiger charge is 2.11. The smallest absolute Gasteiger partial charge is 0.109 e. The number of hydrogen-bond donors (Lipinski definition) is 1. The predicted octanol–water partition coefficient (Wildman–Crippen LogP) is 4.05. The summed E-state index contributed by atoms with van der Waals surface area (Å²) in [5.41, 5.74) is 8.71. The molecule has 0 radical (unpaired) electrons. The number of rotatable bonds is 3. The Kier molecular flexibility index (Phi) is 3.33. The lowest BCUT2D eigenvalue weighted by atomic mass is 10.3. The molecule has 5 heteroatoms. The first kappa shape index (κ1) is 12.7. The summed E-state index contributed by atoms with van der Waals surface area (Å²) in [6, 6.07) is 8.01. The maximum Gasteiger partial charge on any atom is 0.109 e. The van der Waals surface area contributed by atoms with Gasteiger partial charge < -0.3 is 10.3 Å². The minimum atomic E-state index is 0.761. The molecule has 98 valence electrons. The van der Waals surface area contributed by atoms with Crippen molar-refractivity contribution in [2.75, 3.05) is 5.73 Å². The fourth-order valence-corrected chi connectivity index (χ4v) is 3.69. The van der Waals surface area contributed by atoms with E-state index in [-0.39, 0.29) is 0 Å². The van der Waals surface area contributed by atoms with Crippen molar-refractivity contribution >= 4 is 44.0 Å². The molecule has 2 heterocycles. The van der Waals surface area contributed by atoms with Gasteiger partial charge in [-0.25, -0.2) is 4.98 Å². The molecule has 3 rings (SSSR count). The number of hydrogen-bond acceptors (Lipinski definition) is 3. The molecule has 0 saturated heterocycles. The van der Waals surface area contributed by atoms with E-state index in [4.69, 9.17) is 5.73 Å². The highest BCUT2D eigenvalue weighted by atomic mass is 79.9. The molecule has 2 aromatic heterocycles. The van der Waals surface area contributed by atoms with Crippen LogP contribution in [0.4, 0.5) is 5.69 Å². The standard InChI is InChI=1S/C14H14BrN3S/c1-2-14-17-11-7-9(16)3-4-12(11)18(14)8-13-10(15)5-6-19-13/h3-7H,2,8,16H2,1H3. The van der Waals surface area contributed by atoms with Crippen molar-refractivity contribution in [3.8, 4) is 0 Å². The molecule has 0 aliphatic rings. The van der Waals surface area contributed by atoms with Crippen molar-refractivity contribution in [3.63, 3.8) is 0 Å². The zero-order chi connectivity index (χ0) is 13.4. The number of aromatic nitrogens is 2. The fraction of sp³-hybridized carbons (Fsp3) is 0.214. The van der Waals surface area contributed by atoms with Gasteiger partial charge in [0.2, 0.25) is 0 Å². The first-order valence-corrected chi connectivity index (χ1v) is 7.83. The van der Waals surface area contributed by atoms with Gasteiger partial charge in [0.15, 0.2) is 0 Å². The molecular weight excluding hydrogens is 322 g/mol. The number of halogens is 1. The third-order valence-corrected chi connectivity index (χ3v) is 5.07. The second kappa shape index (κ2) is 4.98. The molecule has 1 aromatic carbocycles. The van der Waals surface area contributed by atoms with Gasteiger partial charge in [0, 0.05) is 21.5 Å². The van der Waals surface area contributed by atoms with E-state index in [9.17, 15) is 0 Å². The van der Waals surface area contributed by atoms with Gasteiger partial charge in [-0.05, 0) is 45.6 Å². The minimum absolute atomic E-state index is 0.761. The number of nitrogens with two attached hydrogens (primary N) is 1. The Morgan fingerprint density at radius 2 is 2.21 bits per heavy atom. The maximum absolute atomic E-state index is 5.83. The molecule has 2 N–H and O–H groups in total. The fourth-order valence-electron chi connectivity index (χ4n) is 2.22. The maximum atomic E-state index is 5.83. The lowest BCUT2D eigenvalue weighted by Crippen LogP contribution is -2.03. The number of nitrogens with zero attached hydrogens (tertiary/aromatic N) is 2. The molecule has 0 bridgehead atoms. The van der Waals surface area contributed by atoms with Crippen molar-refractivity contribution in [3.05, 3.63) is 44.8 Å². The summed E-state index contributed by atoms with van der Waals surface area (Å²) in [4.78, 5) is 5.99. The zero-order valence-corrected chi connectivity index (χ0v) is 13.0. The summed E-state index contributed by atoms with van der Waals surface area (Å²) in [6.07, 6.45) is 0.914. The van der Waals surface area contributed by atoms with Crippen LogP contribution in [0.2, 0.25) is 0 Å². The molecule has 0 aliphatic heterocycles. The second-order valence-electron chi connectivity index (χ2n) is 4.41. The average molecular weight is 336 g/mol. The second-order valence-corrected chi connectivity index (χ2v) is 6.26. The van der Waals surface area contributed by atoms with Gasteiger partial charge in [-0.3, -0.25) is 0 Å². The van der Waals surface area contributed by atoms with Crippen molar-refractivity contribution < 1.29 is 0 Å². The summed E-state index contributed by atoms with van der Waals surface area (Å²) >= 11 is 5.35. The van der Waals surface area contributed by atoms with E-state index in [1.807, 2.05) is 12.1 Å². The monoisotopic (exact) mass is 335 g/mol. The normalized spacial score (nSPS) is 11.3. The van der Waals surface area contributed by atoms with Crippen LogP contribution in [0.15, 0.2) is 34.1 Å². The van der Waals surface area contributed by atoms with Crippen LogP contribution in [-0.2, 0) is 13.0 Å². The highest BCUT2D eigenvalue weighted by Crippen LogP contribution is 2.27. The lowest BCUT2D eigenvalue weighted by molar-refractivity contribution is 0.760. The highest BCUT2D eigenvalue weighted by molar-refractivity contribution is 9.10. The van der Waals surface area contributed by atoms with Crippen LogP contribution < -0.4 is 5.73 Å². The van der Waals surface area contributed by atoms with Crippen LogP contribution in [0, 0.1) is 0 Å². The van der Waals surface area contributed by atoms with E-state index >= 15 is 0 Å². The van der Waals surface area contributed by atoms with Crippen LogP contribution in [-0.4, -0.2) is 9.55 Å². The van der Waals surface area contributed by atoms with Crippen LogP contribution in [0.1, 0.15) is 17.6 Å². The Labute approximate surface area is 124 Å². The van der Waals surface area contributed by atoms with Gasteiger partial charge in [-0.15, -0.1) is 11.3 Å². The SMILES string of the molecule is CCc1nc2cc(N)ccc2n1Cc1sccc1Br. The van der Waals surface area contributed by atoms with Gasteiger partial charge in [0.25, 0.3) is 0 Å². The van der Waals surface area contributed by atoms with Gasteiger partial charge in [-0.1, -0.05) is 6.92 Å². The number of benzene rings is 1. The Morgan fingerprint density at radius 1 is 1.37 bits per heavy atom. The van der Waals surface area contributed by atoms with Crippen molar-refractivity contribution in [1.29, 1.82) is 0 Å². The van der Waals surface area contributed by atoms with Crippen LogP contribution in [0.5, 0.6) is 0 Å². The van der Waals surface area contributed by atoms with Crippen LogP contribution in [0.3, 0.4) is 0 Å². The van der Waals surface area contributed by atoms with E-state index in [0.29, 0.717) is 0 Å². The molecule has 0 spiro atoms. The van der Waals surface area contributed by atoms with E-state index in [1.54, 1.807) is 11.3 Å². The largest absolute Gasteiger partial charge is 0.399 e. The summed E-state index contributed by atoms with van der Waals surface area (Å²) < 4.78 is 3.43. The first-order chi connectivity index (χ1) is 9.19. The number of aryl methyl sites for hydroxylation is 1. The van der Waals surface area contributed by atoms with Crippen molar-refractivity contribution in [2.24, 2.45) is 0 Å². The minimum Gasteiger partial charge on any atom is -0.399 e. The van der Waals surface area contributed by atoms with E-state index in [0.717, 1.165) is 40.0 Å². The zero-order valence-electron chi connectivity index (χ0n) is 10.6. The Bertz CT molecular complexity index is 729. The Hall–Kier alpha value is -1.33.